The molecular formula is C20H23FN2O6S. The minimum Gasteiger partial charge on any atom is -0.497 e. The van der Waals surface area contributed by atoms with E-state index in [4.69, 9.17) is 9.94 Å². The van der Waals surface area contributed by atoms with Crippen molar-refractivity contribution in [1.82, 2.24) is 10.0 Å². The molecule has 1 amide bonds. The lowest BCUT2D eigenvalue weighted by Crippen LogP contribution is -2.46. The van der Waals surface area contributed by atoms with Crippen molar-refractivity contribution in [2.45, 2.75) is 25.8 Å². The highest BCUT2D eigenvalue weighted by atomic mass is 32.2. The van der Waals surface area contributed by atoms with E-state index in [2.05, 4.69) is 0 Å². The largest absolute Gasteiger partial charge is 0.497 e. The van der Waals surface area contributed by atoms with E-state index in [1.54, 1.807) is 17.6 Å². The van der Waals surface area contributed by atoms with Gasteiger partial charge in [-0.1, -0.05) is 0 Å². The summed E-state index contributed by atoms with van der Waals surface area (Å²) in [5, 5.41) is 9.10. The van der Waals surface area contributed by atoms with E-state index in [1.165, 1.54) is 36.1 Å². The summed E-state index contributed by atoms with van der Waals surface area (Å²) in [6, 6.07) is 7.25. The van der Waals surface area contributed by atoms with Crippen LogP contribution in [0.2, 0.25) is 0 Å². The lowest BCUT2D eigenvalue weighted by molar-refractivity contribution is -0.141. The summed E-state index contributed by atoms with van der Waals surface area (Å²) in [7, 11) is -1.77. The van der Waals surface area contributed by atoms with Gasteiger partial charge in [0, 0.05) is 30.4 Å². The molecule has 1 saturated heterocycles. The molecule has 1 aromatic carbocycles. The Labute approximate surface area is 173 Å². The number of rotatable bonds is 6. The highest BCUT2D eigenvalue weighted by Gasteiger charge is 2.43. The van der Waals surface area contributed by atoms with Gasteiger partial charge in [0.1, 0.15) is 21.4 Å². The van der Waals surface area contributed by atoms with Crippen molar-refractivity contribution in [3.8, 4) is 16.9 Å². The Kier molecular flexibility index (Phi) is 6.27. The van der Waals surface area contributed by atoms with E-state index in [0.29, 0.717) is 11.3 Å². The second kappa shape index (κ2) is 8.57. The summed E-state index contributed by atoms with van der Waals surface area (Å²) >= 11 is 0. The van der Waals surface area contributed by atoms with E-state index >= 15 is 0 Å². The molecule has 0 atom stereocenters. The zero-order valence-corrected chi connectivity index (χ0v) is 17.2. The average Bonchev–Trinajstić information content (AvgIpc) is 2.73. The fourth-order valence-electron chi connectivity index (χ4n) is 3.69. The summed E-state index contributed by atoms with van der Waals surface area (Å²) in [5.74, 6) is -1.10. The molecule has 0 saturated carbocycles. The molecule has 8 nitrogen and oxygen atoms in total. The molecule has 2 aromatic rings. The van der Waals surface area contributed by atoms with Crippen molar-refractivity contribution in [1.29, 1.82) is 0 Å². The summed E-state index contributed by atoms with van der Waals surface area (Å²) < 4.78 is 44.1. The minimum atomic E-state index is -3.21. The van der Waals surface area contributed by atoms with Crippen molar-refractivity contribution in [3.63, 3.8) is 0 Å². The molecule has 1 aromatic heterocycles. The van der Waals surface area contributed by atoms with Gasteiger partial charge >= 0.3 is 0 Å². The number of carbonyl (C=O) groups is 1. The number of ether oxygens (including phenoxy) is 1. The quantitative estimate of drug-likeness (QED) is 0.525. The molecule has 1 fully saturated rings. The standard InChI is InChI=1S/C20H23FN2O6S/c1-29-15-2-3-16(17(21)13-15)14-4-8-23(18(24)12-14)9-5-20(19(25)22-26)6-10-30(27,28)11-7-20/h2-4,8,12-13,26H,5-7,9-11H2,1H3,(H,22,25). The number of nitrogens with zero attached hydrogens (tertiary/aromatic N) is 1. The third-order valence-corrected chi connectivity index (χ3v) is 7.33. The molecule has 10 heteroatoms. The van der Waals surface area contributed by atoms with Crippen molar-refractivity contribution in [2.75, 3.05) is 18.6 Å². The Bertz CT molecular complexity index is 1100. The average molecular weight is 438 g/mol. The topological polar surface area (TPSA) is 115 Å². The Morgan fingerprint density at radius 3 is 2.53 bits per heavy atom. The predicted molar refractivity (Wildman–Crippen MR) is 108 cm³/mol. The number of methoxy groups -OCH3 is 1. The van der Waals surface area contributed by atoms with Gasteiger partial charge in [-0.15, -0.1) is 0 Å². The highest BCUT2D eigenvalue weighted by molar-refractivity contribution is 7.91. The number of benzene rings is 1. The summed E-state index contributed by atoms with van der Waals surface area (Å²) in [4.78, 5) is 24.8. The first-order chi connectivity index (χ1) is 14.2. The Balaban J connectivity index is 1.80. The third kappa shape index (κ3) is 4.54. The van der Waals surface area contributed by atoms with Gasteiger partial charge in [0.2, 0.25) is 5.91 Å². The second-order valence-corrected chi connectivity index (χ2v) is 9.72. The zero-order valence-electron chi connectivity index (χ0n) is 16.4. The van der Waals surface area contributed by atoms with Crippen LogP contribution in [0.4, 0.5) is 4.39 Å². The Hall–Kier alpha value is -2.72. The number of hydroxylamine groups is 1. The number of halogens is 1. The molecule has 0 radical (unpaired) electrons. The number of aryl methyl sites for hydroxylation is 1. The molecular weight excluding hydrogens is 415 g/mol. The summed E-state index contributed by atoms with van der Waals surface area (Å²) in [6.07, 6.45) is 1.84. The lowest BCUT2D eigenvalue weighted by Gasteiger charge is -2.34. The van der Waals surface area contributed by atoms with E-state index in [9.17, 15) is 22.4 Å². The van der Waals surface area contributed by atoms with Crippen LogP contribution in [0.25, 0.3) is 11.1 Å². The van der Waals surface area contributed by atoms with Crippen LogP contribution in [0.3, 0.4) is 0 Å². The van der Waals surface area contributed by atoms with Crippen LogP contribution in [0, 0.1) is 11.2 Å². The first kappa shape index (κ1) is 22.0. The van der Waals surface area contributed by atoms with Crippen molar-refractivity contribution < 1.29 is 27.5 Å². The molecule has 0 unspecified atom stereocenters. The third-order valence-electron chi connectivity index (χ3n) is 5.68. The smallest absolute Gasteiger partial charge is 0.251 e. The molecule has 162 valence electrons. The number of nitrogens with one attached hydrogen (secondary N) is 1. The van der Waals surface area contributed by atoms with E-state index < -0.39 is 27.0 Å². The van der Waals surface area contributed by atoms with Crippen molar-refractivity contribution >= 4 is 15.7 Å². The van der Waals surface area contributed by atoms with Gasteiger partial charge in [-0.3, -0.25) is 14.8 Å². The van der Waals surface area contributed by atoms with Crippen LogP contribution in [-0.4, -0.2) is 42.7 Å². The van der Waals surface area contributed by atoms with Gasteiger partial charge in [0.15, 0.2) is 0 Å². The van der Waals surface area contributed by atoms with Crippen LogP contribution in [0.15, 0.2) is 41.3 Å². The van der Waals surface area contributed by atoms with Crippen LogP contribution in [0.1, 0.15) is 19.3 Å². The molecule has 0 spiro atoms. The molecule has 0 aliphatic carbocycles. The maximum atomic E-state index is 14.3. The van der Waals surface area contributed by atoms with E-state index in [1.807, 2.05) is 0 Å². The Morgan fingerprint density at radius 1 is 1.27 bits per heavy atom. The summed E-state index contributed by atoms with van der Waals surface area (Å²) in [5.41, 5.74) is 0.838. The number of amides is 1. The van der Waals surface area contributed by atoms with Gasteiger partial charge in [-0.05, 0) is 43.0 Å². The molecule has 2 N–H and O–H groups in total. The van der Waals surface area contributed by atoms with Crippen molar-refractivity contribution in [3.05, 3.63) is 52.7 Å². The number of hydrogen-bond donors (Lipinski definition) is 2. The first-order valence-electron chi connectivity index (χ1n) is 9.39. The van der Waals surface area contributed by atoms with E-state index in [0.717, 1.165) is 0 Å². The van der Waals surface area contributed by atoms with Crippen LogP contribution < -0.4 is 15.8 Å². The zero-order chi connectivity index (χ0) is 21.9. The summed E-state index contributed by atoms with van der Waals surface area (Å²) in [6.45, 7) is 0.150. The van der Waals surface area contributed by atoms with Crippen LogP contribution in [0.5, 0.6) is 5.75 Å². The first-order valence-corrected chi connectivity index (χ1v) is 11.2. The maximum absolute atomic E-state index is 14.3. The highest BCUT2D eigenvalue weighted by Crippen LogP contribution is 2.37. The normalized spacial score (nSPS) is 17.3. The number of aromatic nitrogens is 1. The van der Waals surface area contributed by atoms with E-state index in [-0.39, 0.29) is 48.4 Å². The maximum Gasteiger partial charge on any atom is 0.251 e. The molecule has 2 heterocycles. The fourth-order valence-corrected chi connectivity index (χ4v) is 5.30. The fraction of sp³-hybridized carbons (Fsp3) is 0.400. The SMILES string of the molecule is COc1ccc(-c2ccn(CCC3(C(=O)NO)CCS(=O)(=O)CC3)c(=O)c2)c(F)c1. The molecule has 0 bridgehead atoms. The van der Waals surface area contributed by atoms with Gasteiger partial charge in [-0.2, -0.15) is 0 Å². The molecule has 30 heavy (non-hydrogen) atoms. The minimum absolute atomic E-state index is 0.0750. The molecule has 1 aliphatic heterocycles. The van der Waals surface area contributed by atoms with Crippen molar-refractivity contribution in [2.24, 2.45) is 5.41 Å². The predicted octanol–water partition coefficient (Wildman–Crippen LogP) is 1.75. The number of pyridine rings is 1. The van der Waals surface area contributed by atoms with Gasteiger partial charge in [0.25, 0.3) is 5.56 Å². The van der Waals surface area contributed by atoms with Crippen LogP contribution in [-0.2, 0) is 21.2 Å². The van der Waals surface area contributed by atoms with Crippen LogP contribution >= 0.6 is 0 Å². The van der Waals surface area contributed by atoms with Gasteiger partial charge < -0.3 is 9.30 Å². The second-order valence-electron chi connectivity index (χ2n) is 7.42. The lowest BCUT2D eigenvalue weighted by atomic mass is 9.78. The molecule has 1 aliphatic rings. The number of sulfone groups is 1. The number of carbonyl (C=O) groups excluding carboxylic acids is 1. The molecule has 3 rings (SSSR count). The van der Waals surface area contributed by atoms with Gasteiger partial charge in [0.05, 0.1) is 24.0 Å². The number of hydrogen-bond acceptors (Lipinski definition) is 6. The monoisotopic (exact) mass is 438 g/mol. The van der Waals surface area contributed by atoms with Gasteiger partial charge in [-0.25, -0.2) is 18.3 Å². The Morgan fingerprint density at radius 2 is 1.97 bits per heavy atom.